The van der Waals surface area contributed by atoms with E-state index in [0.29, 0.717) is 19.6 Å². The summed E-state index contributed by atoms with van der Waals surface area (Å²) in [6.07, 6.45) is 0.132. The normalized spacial score (nSPS) is 10.3. The van der Waals surface area contributed by atoms with Gasteiger partial charge in [0, 0.05) is 25.3 Å². The van der Waals surface area contributed by atoms with Crippen molar-refractivity contribution >= 4 is 11.7 Å². The summed E-state index contributed by atoms with van der Waals surface area (Å²) in [5.41, 5.74) is 8.97. The Balaban J connectivity index is 2.87. The van der Waals surface area contributed by atoms with E-state index >= 15 is 0 Å². The summed E-state index contributed by atoms with van der Waals surface area (Å²) >= 11 is 0. The van der Waals surface area contributed by atoms with Gasteiger partial charge in [0.2, 0.25) is 0 Å². The Morgan fingerprint density at radius 3 is 2.65 bits per heavy atom. The minimum Gasteiger partial charge on any atom is -0.481 e. The lowest BCUT2D eigenvalue weighted by molar-refractivity contribution is -0.136. The number of nitrogens with two attached hydrogens (primary N) is 1. The molecule has 0 aliphatic carbocycles. The summed E-state index contributed by atoms with van der Waals surface area (Å²) in [5, 5.41) is 8.74. The number of carbonyl (C=O) groups is 1. The van der Waals surface area contributed by atoms with E-state index < -0.39 is 5.97 Å². The van der Waals surface area contributed by atoms with Gasteiger partial charge in [-0.3, -0.25) is 4.79 Å². The number of carboxylic acids is 1. The number of aliphatic carboxylic acids is 1. The molecule has 0 amide bonds. The quantitative estimate of drug-likeness (QED) is 0.786. The molecule has 0 aromatic heterocycles. The van der Waals surface area contributed by atoms with E-state index in [9.17, 15) is 4.79 Å². The molecule has 0 saturated heterocycles. The van der Waals surface area contributed by atoms with Crippen LogP contribution in [-0.2, 0) is 4.79 Å². The van der Waals surface area contributed by atoms with E-state index in [1.54, 1.807) is 0 Å². The summed E-state index contributed by atoms with van der Waals surface area (Å²) in [4.78, 5) is 12.7. The van der Waals surface area contributed by atoms with Crippen LogP contribution in [-0.4, -0.2) is 30.7 Å². The van der Waals surface area contributed by atoms with Gasteiger partial charge in [0.25, 0.3) is 0 Å². The van der Waals surface area contributed by atoms with Crippen molar-refractivity contribution in [2.45, 2.75) is 20.3 Å². The summed E-state index contributed by atoms with van der Waals surface area (Å²) in [6.45, 7) is 5.75. The van der Waals surface area contributed by atoms with E-state index in [4.69, 9.17) is 10.8 Å². The number of benzene rings is 1. The van der Waals surface area contributed by atoms with Gasteiger partial charge in [-0.15, -0.1) is 0 Å². The fraction of sp³-hybridized carbons (Fsp3) is 0.462. The Morgan fingerprint density at radius 1 is 1.35 bits per heavy atom. The number of carboxylic acid groups (broad SMARTS) is 1. The zero-order valence-electron chi connectivity index (χ0n) is 10.4. The fourth-order valence-corrected chi connectivity index (χ4v) is 1.80. The van der Waals surface area contributed by atoms with Gasteiger partial charge in [0.05, 0.1) is 6.42 Å². The Bertz CT molecular complexity index is 391. The van der Waals surface area contributed by atoms with E-state index in [0.717, 1.165) is 11.3 Å². The molecule has 3 N–H and O–H groups in total. The highest BCUT2D eigenvalue weighted by Crippen LogP contribution is 2.21. The average molecular weight is 236 g/mol. The zero-order valence-corrected chi connectivity index (χ0v) is 10.4. The highest BCUT2D eigenvalue weighted by molar-refractivity contribution is 5.68. The number of aryl methyl sites for hydroxylation is 2. The molecule has 17 heavy (non-hydrogen) atoms. The summed E-state index contributed by atoms with van der Waals surface area (Å²) in [5.74, 6) is -0.780. The second kappa shape index (κ2) is 6.25. The monoisotopic (exact) mass is 236 g/mol. The second-order valence-electron chi connectivity index (χ2n) is 4.21. The second-order valence-corrected chi connectivity index (χ2v) is 4.21. The van der Waals surface area contributed by atoms with Crippen LogP contribution in [0.5, 0.6) is 0 Å². The molecule has 0 fully saturated rings. The van der Waals surface area contributed by atoms with Crippen molar-refractivity contribution in [3.63, 3.8) is 0 Å². The van der Waals surface area contributed by atoms with Crippen LogP contribution in [0.15, 0.2) is 18.2 Å². The van der Waals surface area contributed by atoms with Crippen LogP contribution in [0.3, 0.4) is 0 Å². The standard InChI is InChI=1S/C13H20N2O2/c1-10-3-4-11(2)12(9-10)15(8-6-14)7-5-13(16)17/h3-4,9H,5-8,14H2,1-2H3,(H,16,17). The van der Waals surface area contributed by atoms with Gasteiger partial charge in [-0.2, -0.15) is 0 Å². The molecule has 0 saturated carbocycles. The highest BCUT2D eigenvalue weighted by Gasteiger charge is 2.10. The topological polar surface area (TPSA) is 66.6 Å². The molecule has 0 unspecified atom stereocenters. The predicted molar refractivity (Wildman–Crippen MR) is 69.4 cm³/mol. The maximum absolute atomic E-state index is 10.6. The molecular weight excluding hydrogens is 216 g/mol. The van der Waals surface area contributed by atoms with Crippen molar-refractivity contribution in [1.82, 2.24) is 0 Å². The van der Waals surface area contributed by atoms with Crippen molar-refractivity contribution in [2.75, 3.05) is 24.5 Å². The maximum Gasteiger partial charge on any atom is 0.305 e. The van der Waals surface area contributed by atoms with Gasteiger partial charge in [0.1, 0.15) is 0 Å². The molecule has 0 bridgehead atoms. The van der Waals surface area contributed by atoms with E-state index in [2.05, 4.69) is 18.2 Å². The first-order valence-electron chi connectivity index (χ1n) is 5.78. The third-order valence-electron chi connectivity index (χ3n) is 2.70. The fourth-order valence-electron chi connectivity index (χ4n) is 1.80. The van der Waals surface area contributed by atoms with Crippen molar-refractivity contribution in [1.29, 1.82) is 0 Å². The third-order valence-corrected chi connectivity index (χ3v) is 2.70. The SMILES string of the molecule is Cc1ccc(C)c(N(CCN)CCC(=O)O)c1. The van der Waals surface area contributed by atoms with E-state index in [1.807, 2.05) is 18.7 Å². The van der Waals surface area contributed by atoms with Crippen LogP contribution < -0.4 is 10.6 Å². The lowest BCUT2D eigenvalue weighted by atomic mass is 10.1. The summed E-state index contributed by atoms with van der Waals surface area (Å²) < 4.78 is 0. The van der Waals surface area contributed by atoms with Crippen LogP contribution in [0.4, 0.5) is 5.69 Å². The van der Waals surface area contributed by atoms with Gasteiger partial charge in [-0.25, -0.2) is 0 Å². The number of anilines is 1. The molecule has 0 aliphatic heterocycles. The molecule has 1 aromatic rings. The Hall–Kier alpha value is -1.55. The van der Waals surface area contributed by atoms with Gasteiger partial charge in [-0.1, -0.05) is 12.1 Å². The molecular formula is C13H20N2O2. The molecule has 0 radical (unpaired) electrons. The van der Waals surface area contributed by atoms with E-state index in [1.165, 1.54) is 5.56 Å². The highest BCUT2D eigenvalue weighted by atomic mass is 16.4. The minimum absolute atomic E-state index is 0.132. The van der Waals surface area contributed by atoms with Crippen molar-refractivity contribution < 1.29 is 9.90 Å². The first-order chi connectivity index (χ1) is 8.04. The number of rotatable bonds is 6. The number of hydrogen-bond donors (Lipinski definition) is 2. The van der Waals surface area contributed by atoms with E-state index in [-0.39, 0.29) is 6.42 Å². The molecule has 0 aliphatic rings. The molecule has 4 nitrogen and oxygen atoms in total. The third kappa shape index (κ3) is 4.07. The Morgan fingerprint density at radius 2 is 2.06 bits per heavy atom. The predicted octanol–water partition coefficient (Wildman–Crippen LogP) is 1.54. The largest absolute Gasteiger partial charge is 0.481 e. The van der Waals surface area contributed by atoms with Crippen molar-refractivity contribution in [3.05, 3.63) is 29.3 Å². The van der Waals surface area contributed by atoms with Crippen molar-refractivity contribution in [3.8, 4) is 0 Å². The zero-order chi connectivity index (χ0) is 12.8. The van der Waals surface area contributed by atoms with Crippen LogP contribution in [0.2, 0.25) is 0 Å². The maximum atomic E-state index is 10.6. The van der Waals surface area contributed by atoms with Gasteiger partial charge < -0.3 is 15.7 Å². The molecule has 1 rings (SSSR count). The Labute approximate surface area is 102 Å². The summed E-state index contributed by atoms with van der Waals surface area (Å²) in [7, 11) is 0. The van der Waals surface area contributed by atoms with Gasteiger partial charge in [0.15, 0.2) is 0 Å². The molecule has 0 heterocycles. The first-order valence-corrected chi connectivity index (χ1v) is 5.78. The lowest BCUT2D eigenvalue weighted by Gasteiger charge is -2.25. The van der Waals surface area contributed by atoms with Crippen LogP contribution >= 0.6 is 0 Å². The van der Waals surface area contributed by atoms with Crippen LogP contribution in [0, 0.1) is 13.8 Å². The van der Waals surface area contributed by atoms with Gasteiger partial charge in [-0.05, 0) is 31.0 Å². The minimum atomic E-state index is -0.780. The average Bonchev–Trinajstić information content (AvgIpc) is 2.27. The smallest absolute Gasteiger partial charge is 0.305 e. The molecule has 0 atom stereocenters. The van der Waals surface area contributed by atoms with Gasteiger partial charge >= 0.3 is 5.97 Å². The van der Waals surface area contributed by atoms with Crippen molar-refractivity contribution in [2.24, 2.45) is 5.73 Å². The summed E-state index contributed by atoms with van der Waals surface area (Å²) in [6, 6.07) is 6.18. The van der Waals surface area contributed by atoms with Crippen LogP contribution in [0.1, 0.15) is 17.5 Å². The number of nitrogens with zero attached hydrogens (tertiary/aromatic N) is 1. The first kappa shape index (κ1) is 13.5. The number of hydrogen-bond acceptors (Lipinski definition) is 3. The van der Waals surface area contributed by atoms with Crippen LogP contribution in [0.25, 0.3) is 0 Å². The lowest BCUT2D eigenvalue weighted by Crippen LogP contribution is -2.32. The molecule has 94 valence electrons. The molecule has 1 aromatic carbocycles. The Kier molecular flexibility index (Phi) is 4.97. The molecule has 4 heteroatoms. The molecule has 0 spiro atoms.